The highest BCUT2D eigenvalue weighted by molar-refractivity contribution is 7.89. The van der Waals surface area contributed by atoms with Gasteiger partial charge in [-0.3, -0.25) is 4.79 Å². The molecule has 1 saturated carbocycles. The predicted octanol–water partition coefficient (Wildman–Crippen LogP) is 4.05. The minimum absolute atomic E-state index is 0. The summed E-state index contributed by atoms with van der Waals surface area (Å²) in [6, 6.07) is 6.49. The van der Waals surface area contributed by atoms with E-state index in [9.17, 15) is 13.2 Å². The van der Waals surface area contributed by atoms with Gasteiger partial charge in [0, 0.05) is 25.6 Å². The van der Waals surface area contributed by atoms with Crippen molar-refractivity contribution in [2.24, 2.45) is 5.92 Å². The van der Waals surface area contributed by atoms with Crippen molar-refractivity contribution in [3.05, 3.63) is 50.1 Å². The van der Waals surface area contributed by atoms with E-state index < -0.39 is 10.0 Å². The number of nitrogens with one attached hydrogen (secondary N) is 1. The summed E-state index contributed by atoms with van der Waals surface area (Å²) in [7, 11) is -3.55. The van der Waals surface area contributed by atoms with E-state index in [1.165, 1.54) is 29.6 Å². The lowest BCUT2D eigenvalue weighted by molar-refractivity contribution is -0.120. The van der Waals surface area contributed by atoms with E-state index in [1.54, 1.807) is 18.2 Å². The minimum atomic E-state index is -3.55. The molecule has 7 heteroatoms. The second-order valence-electron chi connectivity index (χ2n) is 7.20. The van der Waals surface area contributed by atoms with Crippen LogP contribution in [0.2, 0.25) is 5.02 Å². The Kier molecular flexibility index (Phi) is 9.95. The number of benzene rings is 1. The smallest absolute Gasteiger partial charge is 0.244 e. The van der Waals surface area contributed by atoms with Gasteiger partial charge in [0.1, 0.15) is 4.90 Å². The molecule has 1 aliphatic heterocycles. The third kappa shape index (κ3) is 5.94. The van der Waals surface area contributed by atoms with Crippen LogP contribution in [0.1, 0.15) is 44.9 Å². The summed E-state index contributed by atoms with van der Waals surface area (Å²) in [6.07, 6.45) is 7.65. The molecule has 1 heterocycles. The lowest BCUT2D eigenvalue weighted by Gasteiger charge is -2.38. The van der Waals surface area contributed by atoms with Gasteiger partial charge < -0.3 is 5.32 Å². The van der Waals surface area contributed by atoms with Gasteiger partial charge in [-0.15, -0.1) is 0 Å². The van der Waals surface area contributed by atoms with Crippen molar-refractivity contribution in [1.29, 1.82) is 0 Å². The van der Waals surface area contributed by atoms with Crippen LogP contribution in [-0.4, -0.2) is 38.3 Å². The second-order valence-corrected chi connectivity index (χ2v) is 9.51. The summed E-state index contributed by atoms with van der Waals surface area (Å²) in [4.78, 5) is 12.5. The molecule has 1 aromatic rings. The lowest BCUT2D eigenvalue weighted by Crippen LogP contribution is -2.53. The Bertz CT molecular complexity index is 725. The highest BCUT2D eigenvalue weighted by Crippen LogP contribution is 2.29. The number of carbonyl (C=O) groups excluding carboxylic acids is 1. The van der Waals surface area contributed by atoms with Crippen LogP contribution in [0.25, 0.3) is 0 Å². The Balaban J connectivity index is 0.00000196. The van der Waals surface area contributed by atoms with Gasteiger partial charge in [-0.2, -0.15) is 4.31 Å². The SMILES string of the molecule is O=C(NCC1CN(S(=O)(=O)c2ccccc2Cl)C1)[C]1CCCCCCC1.[CH2].[CH2]. The molecule has 5 nitrogen and oxygen atoms in total. The van der Waals surface area contributed by atoms with Crippen LogP contribution in [0.15, 0.2) is 29.2 Å². The van der Waals surface area contributed by atoms with E-state index in [1.807, 2.05) is 0 Å². The predicted molar refractivity (Wildman–Crippen MR) is 113 cm³/mol. The molecule has 1 N–H and O–H groups in total. The molecular formula is C21H30ClN2O3S. The van der Waals surface area contributed by atoms with Crippen molar-refractivity contribution in [3.63, 3.8) is 0 Å². The topological polar surface area (TPSA) is 66.5 Å². The number of carbonyl (C=O) groups is 1. The first-order valence-corrected chi connectivity index (χ1v) is 11.2. The molecule has 1 aromatic carbocycles. The first-order valence-electron chi connectivity index (χ1n) is 9.36. The van der Waals surface area contributed by atoms with Crippen LogP contribution in [0.3, 0.4) is 0 Å². The van der Waals surface area contributed by atoms with Crippen molar-refractivity contribution >= 4 is 27.5 Å². The zero-order valence-corrected chi connectivity index (χ0v) is 17.9. The quantitative estimate of drug-likeness (QED) is 0.773. The van der Waals surface area contributed by atoms with Crippen LogP contribution < -0.4 is 5.32 Å². The van der Waals surface area contributed by atoms with Crippen molar-refractivity contribution in [2.75, 3.05) is 19.6 Å². The van der Waals surface area contributed by atoms with E-state index in [-0.39, 0.29) is 36.6 Å². The van der Waals surface area contributed by atoms with Crippen LogP contribution in [0.5, 0.6) is 0 Å². The number of nitrogens with zero attached hydrogens (tertiary/aromatic N) is 1. The van der Waals surface area contributed by atoms with Crippen molar-refractivity contribution < 1.29 is 13.2 Å². The Labute approximate surface area is 175 Å². The van der Waals surface area contributed by atoms with Crippen LogP contribution in [0, 0.1) is 26.7 Å². The Hall–Kier alpha value is -1.11. The van der Waals surface area contributed by atoms with Gasteiger partial charge in [0.15, 0.2) is 0 Å². The number of hydrogen-bond donors (Lipinski definition) is 1. The maximum Gasteiger partial charge on any atom is 0.244 e. The van der Waals surface area contributed by atoms with E-state index in [2.05, 4.69) is 5.32 Å². The molecular weight excluding hydrogens is 396 g/mol. The number of rotatable bonds is 5. The van der Waals surface area contributed by atoms with Gasteiger partial charge in [0.25, 0.3) is 0 Å². The number of amides is 1. The molecule has 0 atom stereocenters. The highest BCUT2D eigenvalue weighted by atomic mass is 35.5. The van der Waals surface area contributed by atoms with E-state index in [0.717, 1.165) is 31.6 Å². The molecule has 2 fully saturated rings. The molecule has 0 aromatic heterocycles. The third-order valence-electron chi connectivity index (χ3n) is 5.21. The standard InChI is InChI=1S/C19H26ClN2O3S.2CH2/c20-17-10-6-7-11-18(17)26(24,25)22-13-15(14-22)12-21-19(23)16-8-4-2-1-3-5-9-16;;/h6-7,10-11,15H,1-5,8-9,12-14H2,(H,21,23);2*1H2. The van der Waals surface area contributed by atoms with Crippen molar-refractivity contribution in [1.82, 2.24) is 9.62 Å². The summed E-state index contributed by atoms with van der Waals surface area (Å²) in [6.45, 7) is 1.36. The summed E-state index contributed by atoms with van der Waals surface area (Å²) in [5.41, 5.74) is 0. The summed E-state index contributed by atoms with van der Waals surface area (Å²) in [5, 5.41) is 3.24. The zero-order valence-electron chi connectivity index (χ0n) is 16.3. The summed E-state index contributed by atoms with van der Waals surface area (Å²) < 4.78 is 26.6. The zero-order chi connectivity index (χ0) is 18.6. The van der Waals surface area contributed by atoms with Crippen LogP contribution in [0.4, 0.5) is 0 Å². The maximum atomic E-state index is 12.6. The fourth-order valence-electron chi connectivity index (χ4n) is 3.56. The molecule has 155 valence electrons. The third-order valence-corrected chi connectivity index (χ3v) is 7.54. The van der Waals surface area contributed by atoms with Gasteiger partial charge in [-0.1, -0.05) is 70.7 Å². The molecule has 0 spiro atoms. The van der Waals surface area contributed by atoms with E-state index in [0.29, 0.717) is 19.6 Å². The van der Waals surface area contributed by atoms with Gasteiger partial charge in [-0.25, -0.2) is 8.42 Å². The van der Waals surface area contributed by atoms with E-state index in [4.69, 9.17) is 11.6 Å². The molecule has 1 amide bonds. The highest BCUT2D eigenvalue weighted by Gasteiger charge is 2.37. The molecule has 28 heavy (non-hydrogen) atoms. The Morgan fingerprint density at radius 2 is 1.61 bits per heavy atom. The molecule has 5 radical (unpaired) electrons. The molecule has 3 rings (SSSR count). The molecule has 0 unspecified atom stereocenters. The Morgan fingerprint density at radius 3 is 2.21 bits per heavy atom. The second kappa shape index (κ2) is 11.2. The van der Waals surface area contributed by atoms with E-state index >= 15 is 0 Å². The first-order chi connectivity index (χ1) is 12.5. The molecule has 0 bridgehead atoms. The number of hydrogen-bond acceptors (Lipinski definition) is 3. The average Bonchev–Trinajstić information content (AvgIpc) is 2.52. The summed E-state index contributed by atoms with van der Waals surface area (Å²) in [5.74, 6) is 1.22. The monoisotopic (exact) mass is 425 g/mol. The maximum absolute atomic E-state index is 12.6. The molecule has 2 aliphatic rings. The van der Waals surface area contributed by atoms with Gasteiger partial charge in [0.2, 0.25) is 15.9 Å². The van der Waals surface area contributed by atoms with Gasteiger partial charge in [-0.05, 0) is 25.0 Å². The van der Waals surface area contributed by atoms with Crippen molar-refractivity contribution in [2.45, 2.75) is 49.8 Å². The molecule has 1 saturated heterocycles. The van der Waals surface area contributed by atoms with Crippen LogP contribution in [-0.2, 0) is 14.8 Å². The van der Waals surface area contributed by atoms with Crippen molar-refractivity contribution in [3.8, 4) is 0 Å². The normalized spacial score (nSPS) is 19.3. The number of sulfonamides is 1. The van der Waals surface area contributed by atoms with Crippen LogP contribution >= 0.6 is 11.6 Å². The first kappa shape index (κ1) is 24.9. The molecule has 1 aliphatic carbocycles. The fourth-order valence-corrected chi connectivity index (χ4v) is 5.65. The largest absolute Gasteiger partial charge is 0.355 e. The summed E-state index contributed by atoms with van der Waals surface area (Å²) >= 11 is 6.02. The lowest BCUT2D eigenvalue weighted by atomic mass is 9.90. The van der Waals surface area contributed by atoms with Gasteiger partial charge >= 0.3 is 0 Å². The Morgan fingerprint density at radius 1 is 1.04 bits per heavy atom. The fraction of sp³-hybridized carbons (Fsp3) is 0.524. The minimum Gasteiger partial charge on any atom is -0.355 e. The number of halogens is 1. The van der Waals surface area contributed by atoms with Gasteiger partial charge in [0.05, 0.1) is 10.9 Å². The average molecular weight is 426 g/mol.